The summed E-state index contributed by atoms with van der Waals surface area (Å²) in [6.45, 7) is 0. The van der Waals surface area contributed by atoms with E-state index >= 15 is 0 Å². The fourth-order valence-corrected chi connectivity index (χ4v) is 7.02. The van der Waals surface area contributed by atoms with Crippen LogP contribution in [0.2, 0.25) is 0 Å². The lowest BCUT2D eigenvalue weighted by Gasteiger charge is -2.15. The first-order valence-electron chi connectivity index (χ1n) is 15.8. The molecule has 50 heavy (non-hydrogen) atoms. The summed E-state index contributed by atoms with van der Waals surface area (Å²) in [4.78, 5) is 13.5. The number of para-hydroxylation sites is 1. The molecule has 5 aromatic heterocycles. The number of pyridine rings is 3. The van der Waals surface area contributed by atoms with E-state index in [2.05, 4.69) is 84.8 Å². The lowest BCUT2D eigenvalue weighted by atomic mass is 9.96. The predicted octanol–water partition coefficient (Wildman–Crippen LogP) is 9.01. The van der Waals surface area contributed by atoms with E-state index in [9.17, 15) is 15.8 Å². The van der Waals surface area contributed by atoms with Crippen LogP contribution in [0.25, 0.3) is 77.4 Å². The van der Waals surface area contributed by atoms with Crippen molar-refractivity contribution < 1.29 is 0 Å². The van der Waals surface area contributed by atoms with Crippen molar-refractivity contribution in [2.75, 3.05) is 0 Å². The minimum Gasteiger partial charge on any atom is -0.309 e. The van der Waals surface area contributed by atoms with E-state index < -0.39 is 0 Å². The van der Waals surface area contributed by atoms with Gasteiger partial charge in [0.05, 0.1) is 56.6 Å². The first kappa shape index (κ1) is 28.6. The summed E-state index contributed by atoms with van der Waals surface area (Å²) in [5.41, 5.74) is 10.1. The molecule has 4 aromatic carbocycles. The Morgan fingerprint density at radius 3 is 1.74 bits per heavy atom. The summed E-state index contributed by atoms with van der Waals surface area (Å²) >= 11 is 0. The van der Waals surface area contributed by atoms with Crippen molar-refractivity contribution in [3.05, 3.63) is 151 Å². The van der Waals surface area contributed by atoms with Gasteiger partial charge in [0.25, 0.3) is 0 Å². The van der Waals surface area contributed by atoms with Crippen LogP contribution in [0.4, 0.5) is 0 Å². The van der Waals surface area contributed by atoms with Crippen LogP contribution < -0.4 is 0 Å². The van der Waals surface area contributed by atoms with Crippen molar-refractivity contribution in [2.24, 2.45) is 0 Å². The third-order valence-electron chi connectivity index (χ3n) is 9.28. The summed E-state index contributed by atoms with van der Waals surface area (Å²) in [5.74, 6) is 0.729. The van der Waals surface area contributed by atoms with E-state index in [0.29, 0.717) is 16.7 Å². The van der Waals surface area contributed by atoms with Crippen LogP contribution in [-0.2, 0) is 0 Å². The zero-order chi connectivity index (χ0) is 33.8. The Balaban J connectivity index is 1.23. The molecule has 0 aliphatic carbocycles. The maximum Gasteiger partial charge on any atom is 0.137 e. The minimum atomic E-state index is 0.447. The molecule has 0 aliphatic heterocycles. The average Bonchev–Trinajstić information content (AvgIpc) is 3.69. The van der Waals surface area contributed by atoms with Gasteiger partial charge < -0.3 is 4.57 Å². The van der Waals surface area contributed by atoms with Crippen molar-refractivity contribution in [2.45, 2.75) is 0 Å². The molecule has 0 unspecified atom stereocenters. The second-order valence-electron chi connectivity index (χ2n) is 11.9. The van der Waals surface area contributed by atoms with Gasteiger partial charge >= 0.3 is 0 Å². The van der Waals surface area contributed by atoms with Gasteiger partial charge in [-0.2, -0.15) is 15.8 Å². The molecule has 0 saturated carbocycles. The molecule has 8 nitrogen and oxygen atoms in total. The topological polar surface area (TPSA) is 120 Å². The summed E-state index contributed by atoms with van der Waals surface area (Å²) in [5, 5.41) is 32.9. The Labute approximate surface area is 285 Å². The Bertz CT molecular complexity index is 2960. The molecule has 0 amide bonds. The van der Waals surface area contributed by atoms with Gasteiger partial charge in [0.1, 0.15) is 11.9 Å². The molecule has 0 radical (unpaired) electrons. The van der Waals surface area contributed by atoms with Crippen LogP contribution in [0.15, 0.2) is 134 Å². The molecule has 8 heteroatoms. The molecule has 0 spiro atoms. The number of aromatic nitrogens is 5. The average molecular weight is 639 g/mol. The van der Waals surface area contributed by atoms with Crippen molar-refractivity contribution in [3.8, 4) is 52.0 Å². The van der Waals surface area contributed by atoms with Gasteiger partial charge in [-0.15, -0.1) is 0 Å². The van der Waals surface area contributed by atoms with Crippen LogP contribution in [0.5, 0.6) is 0 Å². The maximum absolute atomic E-state index is 10.0. The van der Waals surface area contributed by atoms with Crippen molar-refractivity contribution in [1.29, 1.82) is 15.8 Å². The van der Waals surface area contributed by atoms with E-state index in [1.807, 2.05) is 54.9 Å². The lowest BCUT2D eigenvalue weighted by molar-refractivity contribution is 1.07. The highest BCUT2D eigenvalue weighted by Crippen LogP contribution is 2.40. The number of hydrogen-bond donors (Lipinski definition) is 0. The van der Waals surface area contributed by atoms with Gasteiger partial charge in [0.2, 0.25) is 0 Å². The first-order valence-corrected chi connectivity index (χ1v) is 15.8. The van der Waals surface area contributed by atoms with E-state index in [4.69, 9.17) is 0 Å². The molecule has 9 aromatic rings. The molecule has 230 valence electrons. The van der Waals surface area contributed by atoms with E-state index in [-0.39, 0.29) is 0 Å². The Morgan fingerprint density at radius 2 is 1.10 bits per heavy atom. The molecular weight excluding hydrogens is 617 g/mol. The highest BCUT2D eigenvalue weighted by atomic mass is 15.1. The fraction of sp³-hybridized carbons (Fsp3) is 0. The highest BCUT2D eigenvalue weighted by molar-refractivity contribution is 6.12. The van der Waals surface area contributed by atoms with Crippen LogP contribution in [0.1, 0.15) is 16.7 Å². The molecule has 0 saturated heterocycles. The van der Waals surface area contributed by atoms with Gasteiger partial charge in [-0.25, -0.2) is 4.98 Å². The number of hydrogen-bond acceptors (Lipinski definition) is 6. The van der Waals surface area contributed by atoms with Gasteiger partial charge in [0.15, 0.2) is 0 Å². The second-order valence-corrected chi connectivity index (χ2v) is 11.9. The summed E-state index contributed by atoms with van der Waals surface area (Å²) < 4.78 is 4.32. The Morgan fingerprint density at radius 1 is 0.480 bits per heavy atom. The fourth-order valence-electron chi connectivity index (χ4n) is 7.02. The van der Waals surface area contributed by atoms with Gasteiger partial charge in [-0.1, -0.05) is 36.4 Å². The molecule has 9 rings (SSSR count). The quantitative estimate of drug-likeness (QED) is 0.190. The number of nitriles is 3. The van der Waals surface area contributed by atoms with Gasteiger partial charge in [0, 0.05) is 63.7 Å². The van der Waals surface area contributed by atoms with Crippen molar-refractivity contribution in [1.82, 2.24) is 24.1 Å². The van der Waals surface area contributed by atoms with E-state index in [0.717, 1.165) is 77.4 Å². The standard InChI is InChI=1S/C42H22N8/c43-20-26-5-9-31(30(17-26)22-45)32-3-1-2-4-37(32)49-38-10-7-28(18-33(38)35-24-46-15-13-40(35)49)29-8-11-39-34(19-29)36-25-47-16-14-41(36)50(39)42-12-6-27(21-44)23-48-42/h1-19,23-25H. The molecule has 0 N–H and O–H groups in total. The minimum absolute atomic E-state index is 0.447. The normalized spacial score (nSPS) is 11.1. The van der Waals surface area contributed by atoms with Gasteiger partial charge in [-0.3, -0.25) is 14.5 Å². The number of fused-ring (bicyclic) bond motifs is 6. The summed E-state index contributed by atoms with van der Waals surface area (Å²) in [6, 6.07) is 40.4. The summed E-state index contributed by atoms with van der Waals surface area (Å²) in [7, 11) is 0. The SMILES string of the molecule is N#Cc1ccc(-n2c3ccncc3c3cc(-c4ccc5c(c4)c4cnccc4n5-c4ccccc4-c4ccc(C#N)cc4C#N)ccc32)nc1. The molecule has 0 bridgehead atoms. The van der Waals surface area contributed by atoms with Crippen molar-refractivity contribution >= 4 is 43.6 Å². The molecule has 0 atom stereocenters. The third kappa shape index (κ3) is 4.33. The van der Waals surface area contributed by atoms with Crippen LogP contribution in [0.3, 0.4) is 0 Å². The zero-order valence-electron chi connectivity index (χ0n) is 26.3. The largest absolute Gasteiger partial charge is 0.309 e. The lowest BCUT2D eigenvalue weighted by Crippen LogP contribution is -1.98. The maximum atomic E-state index is 10.0. The monoisotopic (exact) mass is 638 g/mol. The van der Waals surface area contributed by atoms with Crippen LogP contribution in [0, 0.1) is 34.0 Å². The number of benzene rings is 4. The first-order chi connectivity index (χ1) is 24.7. The molecular formula is C42H22N8. The van der Waals surface area contributed by atoms with Crippen LogP contribution >= 0.6 is 0 Å². The second kappa shape index (κ2) is 11.3. The molecule has 0 fully saturated rings. The molecule has 0 aliphatic rings. The Kier molecular flexibility index (Phi) is 6.45. The van der Waals surface area contributed by atoms with Gasteiger partial charge in [-0.05, 0) is 77.9 Å². The molecule has 5 heterocycles. The highest BCUT2D eigenvalue weighted by Gasteiger charge is 2.19. The Hall–Kier alpha value is -7.60. The number of nitrogens with zero attached hydrogens (tertiary/aromatic N) is 8. The zero-order valence-corrected chi connectivity index (χ0v) is 26.3. The van der Waals surface area contributed by atoms with E-state index in [1.165, 1.54) is 0 Å². The number of rotatable bonds is 4. The smallest absolute Gasteiger partial charge is 0.137 e. The summed E-state index contributed by atoms with van der Waals surface area (Å²) in [6.07, 6.45) is 8.95. The van der Waals surface area contributed by atoms with Crippen molar-refractivity contribution in [3.63, 3.8) is 0 Å². The third-order valence-corrected chi connectivity index (χ3v) is 9.28. The van der Waals surface area contributed by atoms with Crippen LogP contribution in [-0.4, -0.2) is 24.1 Å². The predicted molar refractivity (Wildman–Crippen MR) is 194 cm³/mol. The van der Waals surface area contributed by atoms with E-state index in [1.54, 1.807) is 36.8 Å².